The summed E-state index contributed by atoms with van der Waals surface area (Å²) in [6.45, 7) is 1.85. The van der Waals surface area contributed by atoms with Gasteiger partial charge in [0.05, 0.1) is 10.8 Å². The lowest BCUT2D eigenvalue weighted by Crippen LogP contribution is -2.45. The van der Waals surface area contributed by atoms with Gasteiger partial charge in [-0.1, -0.05) is 54.8 Å². The van der Waals surface area contributed by atoms with E-state index in [1.165, 1.54) is 43.9 Å². The Kier molecular flexibility index (Phi) is 5.74. The molecule has 0 bridgehead atoms. The molecule has 2 aromatic rings. The van der Waals surface area contributed by atoms with Crippen LogP contribution in [-0.4, -0.2) is 44.4 Å². The number of piperidine rings is 1. The lowest BCUT2D eigenvalue weighted by molar-refractivity contribution is -0.131. The number of carbonyl (C=O) groups is 1. The second kappa shape index (κ2) is 8.23. The number of thioether (sulfide) groups is 1. The van der Waals surface area contributed by atoms with E-state index in [-0.39, 0.29) is 5.91 Å². The molecule has 2 fully saturated rings. The highest BCUT2D eigenvalue weighted by Crippen LogP contribution is 2.36. The van der Waals surface area contributed by atoms with Gasteiger partial charge in [0.1, 0.15) is 0 Å². The highest BCUT2D eigenvalue weighted by Gasteiger charge is 2.32. The summed E-state index contributed by atoms with van der Waals surface area (Å²) in [6, 6.07) is 7.60. The molecule has 1 saturated carbocycles. The van der Waals surface area contributed by atoms with Crippen LogP contribution in [-0.2, 0) is 11.8 Å². The normalized spacial score (nSPS) is 22.5. The van der Waals surface area contributed by atoms with Gasteiger partial charge in [0, 0.05) is 25.7 Å². The van der Waals surface area contributed by atoms with Gasteiger partial charge in [-0.2, -0.15) is 0 Å². The van der Waals surface area contributed by atoms with E-state index in [1.807, 2.05) is 35.9 Å². The van der Waals surface area contributed by atoms with Gasteiger partial charge in [-0.3, -0.25) is 4.79 Å². The topological polar surface area (TPSA) is 51.0 Å². The fourth-order valence-corrected chi connectivity index (χ4v) is 5.40. The van der Waals surface area contributed by atoms with Gasteiger partial charge in [0.15, 0.2) is 11.0 Å². The molecule has 0 N–H and O–H groups in total. The molecule has 0 radical (unpaired) electrons. The van der Waals surface area contributed by atoms with E-state index >= 15 is 0 Å². The van der Waals surface area contributed by atoms with E-state index in [0.717, 1.165) is 35.6 Å². The number of rotatable bonds is 4. The number of aromatic nitrogens is 3. The molecular formula is C20H25ClN4OS. The van der Waals surface area contributed by atoms with Crippen molar-refractivity contribution in [2.75, 3.05) is 18.8 Å². The van der Waals surface area contributed by atoms with Crippen molar-refractivity contribution in [1.29, 1.82) is 0 Å². The molecule has 1 aliphatic carbocycles. The first-order valence-electron chi connectivity index (χ1n) is 9.68. The minimum absolute atomic E-state index is 0.214. The smallest absolute Gasteiger partial charge is 0.233 e. The monoisotopic (exact) mass is 404 g/mol. The number of nitrogens with zero attached hydrogens (tertiary/aromatic N) is 4. The molecule has 7 heteroatoms. The molecule has 4 rings (SSSR count). The molecule has 1 aromatic carbocycles. The molecule has 2 atom stereocenters. The van der Waals surface area contributed by atoms with E-state index in [4.69, 9.17) is 11.6 Å². The van der Waals surface area contributed by atoms with Gasteiger partial charge >= 0.3 is 0 Å². The molecular weight excluding hydrogens is 380 g/mol. The number of likely N-dealkylation sites (tertiary alicyclic amines) is 1. The maximum Gasteiger partial charge on any atom is 0.233 e. The predicted molar refractivity (Wildman–Crippen MR) is 109 cm³/mol. The fraction of sp³-hybridized carbons (Fsp3) is 0.550. The van der Waals surface area contributed by atoms with Gasteiger partial charge in [-0.05, 0) is 36.8 Å². The van der Waals surface area contributed by atoms with Crippen LogP contribution >= 0.6 is 23.4 Å². The first-order chi connectivity index (χ1) is 13.1. The molecule has 0 spiro atoms. The first-order valence-corrected chi connectivity index (χ1v) is 11.0. The molecule has 1 saturated heterocycles. The third-order valence-electron chi connectivity index (χ3n) is 5.92. The summed E-state index contributed by atoms with van der Waals surface area (Å²) < 4.78 is 1.91. The van der Waals surface area contributed by atoms with Crippen LogP contribution in [0.4, 0.5) is 0 Å². The standard InChI is InChI=1S/C20H25ClN4OS/c1-24-19(16-8-4-5-9-17(16)21)22-23-20(24)27-13-18(26)25-11-10-14-6-2-3-7-15(14)12-25/h4-5,8-9,14-15H,2-3,6-7,10-13H2,1H3/t14-,15-/m0/s1. The number of carbonyl (C=O) groups excluding carboxylic acids is 1. The number of amides is 1. The van der Waals surface area contributed by atoms with Crippen molar-refractivity contribution >= 4 is 29.3 Å². The van der Waals surface area contributed by atoms with Crippen LogP contribution in [0, 0.1) is 11.8 Å². The van der Waals surface area contributed by atoms with Gasteiger partial charge in [0.2, 0.25) is 5.91 Å². The molecule has 0 unspecified atom stereocenters. The summed E-state index contributed by atoms with van der Waals surface area (Å²) in [5, 5.41) is 9.93. The Labute approximate surface area is 169 Å². The number of fused-ring (bicyclic) bond motifs is 1. The van der Waals surface area contributed by atoms with Crippen molar-refractivity contribution in [1.82, 2.24) is 19.7 Å². The molecule has 2 heterocycles. The molecule has 1 aliphatic heterocycles. The van der Waals surface area contributed by atoms with E-state index < -0.39 is 0 Å². The van der Waals surface area contributed by atoms with E-state index in [9.17, 15) is 4.79 Å². The van der Waals surface area contributed by atoms with Crippen molar-refractivity contribution in [2.24, 2.45) is 18.9 Å². The SMILES string of the molecule is Cn1c(SCC(=O)N2CC[C@@H]3CCCC[C@H]3C2)nnc1-c1ccccc1Cl. The minimum Gasteiger partial charge on any atom is -0.342 e. The average Bonchev–Trinajstić information content (AvgIpc) is 3.06. The molecule has 5 nitrogen and oxygen atoms in total. The third kappa shape index (κ3) is 4.02. The fourth-order valence-electron chi connectivity index (χ4n) is 4.36. The number of halogens is 1. The Morgan fingerprint density at radius 1 is 1.19 bits per heavy atom. The molecule has 27 heavy (non-hydrogen) atoms. The van der Waals surface area contributed by atoms with Gasteiger partial charge < -0.3 is 9.47 Å². The third-order valence-corrected chi connectivity index (χ3v) is 7.25. The summed E-state index contributed by atoms with van der Waals surface area (Å²) in [5.74, 6) is 2.90. The molecule has 2 aliphatic rings. The first kappa shape index (κ1) is 18.8. The number of hydrogen-bond acceptors (Lipinski definition) is 4. The van der Waals surface area contributed by atoms with Crippen LogP contribution < -0.4 is 0 Å². The zero-order valence-electron chi connectivity index (χ0n) is 15.6. The van der Waals surface area contributed by atoms with Crippen LogP contribution in [0.25, 0.3) is 11.4 Å². The largest absolute Gasteiger partial charge is 0.342 e. The van der Waals surface area contributed by atoms with Crippen molar-refractivity contribution in [2.45, 2.75) is 37.3 Å². The summed E-state index contributed by atoms with van der Waals surface area (Å²) in [7, 11) is 1.92. The molecule has 1 aromatic heterocycles. The van der Waals surface area contributed by atoms with E-state index in [0.29, 0.717) is 16.7 Å². The van der Waals surface area contributed by atoms with Gasteiger partial charge in [0.25, 0.3) is 0 Å². The lowest BCUT2D eigenvalue weighted by atomic mass is 9.75. The van der Waals surface area contributed by atoms with E-state index in [2.05, 4.69) is 15.1 Å². The van der Waals surface area contributed by atoms with Crippen LogP contribution in [0.15, 0.2) is 29.4 Å². The van der Waals surface area contributed by atoms with Crippen LogP contribution in [0.2, 0.25) is 5.02 Å². The van der Waals surface area contributed by atoms with Crippen molar-refractivity contribution in [3.05, 3.63) is 29.3 Å². The van der Waals surface area contributed by atoms with Gasteiger partial charge in [-0.15, -0.1) is 10.2 Å². The summed E-state index contributed by atoms with van der Waals surface area (Å²) in [4.78, 5) is 14.8. The summed E-state index contributed by atoms with van der Waals surface area (Å²) >= 11 is 7.73. The summed E-state index contributed by atoms with van der Waals surface area (Å²) in [5.41, 5.74) is 0.853. The van der Waals surface area contributed by atoms with Crippen molar-refractivity contribution < 1.29 is 4.79 Å². The van der Waals surface area contributed by atoms with Crippen molar-refractivity contribution in [3.63, 3.8) is 0 Å². The second-order valence-electron chi connectivity index (χ2n) is 7.57. The zero-order chi connectivity index (χ0) is 18.8. The van der Waals surface area contributed by atoms with Crippen molar-refractivity contribution in [3.8, 4) is 11.4 Å². The van der Waals surface area contributed by atoms with Crippen LogP contribution in [0.3, 0.4) is 0 Å². The Balaban J connectivity index is 1.38. The molecule has 144 valence electrons. The summed E-state index contributed by atoms with van der Waals surface area (Å²) in [6.07, 6.45) is 6.49. The Morgan fingerprint density at radius 2 is 1.96 bits per heavy atom. The Morgan fingerprint density at radius 3 is 2.78 bits per heavy atom. The Hall–Kier alpha value is -1.53. The average molecular weight is 405 g/mol. The minimum atomic E-state index is 0.214. The maximum atomic E-state index is 12.7. The maximum absolute atomic E-state index is 12.7. The molecule has 1 amide bonds. The van der Waals surface area contributed by atoms with Crippen LogP contribution in [0.5, 0.6) is 0 Å². The lowest BCUT2D eigenvalue weighted by Gasteiger charge is -2.41. The number of hydrogen-bond donors (Lipinski definition) is 0. The highest BCUT2D eigenvalue weighted by atomic mass is 35.5. The second-order valence-corrected chi connectivity index (χ2v) is 8.92. The number of benzene rings is 1. The zero-order valence-corrected chi connectivity index (χ0v) is 17.2. The predicted octanol–water partition coefficient (Wildman–Crippen LogP) is 4.27. The highest BCUT2D eigenvalue weighted by molar-refractivity contribution is 7.99. The Bertz CT molecular complexity index is 824. The van der Waals surface area contributed by atoms with Crippen LogP contribution in [0.1, 0.15) is 32.1 Å². The van der Waals surface area contributed by atoms with Gasteiger partial charge in [-0.25, -0.2) is 0 Å². The quantitative estimate of drug-likeness (QED) is 0.714. The van der Waals surface area contributed by atoms with E-state index in [1.54, 1.807) is 0 Å².